The second-order valence-electron chi connectivity index (χ2n) is 6.47. The van der Waals surface area contributed by atoms with Crippen LogP contribution in [-0.4, -0.2) is 34.9 Å². The summed E-state index contributed by atoms with van der Waals surface area (Å²) in [5.41, 5.74) is 3.08. The number of carbonyl (C=O) groups excluding carboxylic acids is 1. The highest BCUT2D eigenvalue weighted by molar-refractivity contribution is 7.18. The van der Waals surface area contributed by atoms with Gasteiger partial charge in [-0.05, 0) is 53.4 Å². The van der Waals surface area contributed by atoms with Gasteiger partial charge in [0.05, 0.1) is 15.2 Å². The Morgan fingerprint density at radius 1 is 1.40 bits per heavy atom. The van der Waals surface area contributed by atoms with Crippen molar-refractivity contribution in [3.8, 4) is 0 Å². The Balaban J connectivity index is 1.38. The van der Waals surface area contributed by atoms with Crippen LogP contribution in [0.4, 0.5) is 0 Å². The van der Waals surface area contributed by atoms with Crippen molar-refractivity contribution in [2.45, 2.75) is 32.4 Å². The van der Waals surface area contributed by atoms with Gasteiger partial charge in [0.15, 0.2) is 0 Å². The molecule has 1 aliphatic heterocycles. The number of carbonyl (C=O) groups is 1. The summed E-state index contributed by atoms with van der Waals surface area (Å²) in [5.74, 6) is 0.0238. The van der Waals surface area contributed by atoms with Crippen molar-refractivity contribution in [3.05, 3.63) is 51.2 Å². The first kappa shape index (κ1) is 16.7. The highest BCUT2D eigenvalue weighted by Crippen LogP contribution is 2.24. The van der Waals surface area contributed by atoms with Gasteiger partial charge < -0.3 is 5.32 Å². The molecular formula is C19H21N3OS2. The maximum Gasteiger partial charge on any atom is 0.251 e. The number of thiazole rings is 1. The van der Waals surface area contributed by atoms with Gasteiger partial charge in [0, 0.05) is 31.2 Å². The predicted molar refractivity (Wildman–Crippen MR) is 104 cm³/mol. The first-order valence-electron chi connectivity index (χ1n) is 8.65. The van der Waals surface area contributed by atoms with E-state index in [1.165, 1.54) is 5.56 Å². The number of thiophene rings is 1. The predicted octanol–water partition coefficient (Wildman–Crippen LogP) is 3.92. The standard InChI is InChI=1S/C19H21N3OS2/c1-2-18-21-16-4-3-14(9-17(16)25-18)19(23)20-15-5-7-22(11-15)10-13-6-8-24-12-13/h3-4,6,8-9,12,15H,2,5,7,10-11H2,1H3,(H,20,23)/t15-/m0/s1. The summed E-state index contributed by atoms with van der Waals surface area (Å²) in [5, 5.41) is 8.62. The average Bonchev–Trinajstić information content (AvgIpc) is 3.35. The summed E-state index contributed by atoms with van der Waals surface area (Å²) < 4.78 is 1.09. The zero-order valence-electron chi connectivity index (χ0n) is 14.2. The lowest BCUT2D eigenvalue weighted by Gasteiger charge is -2.16. The molecule has 3 aromatic rings. The molecule has 1 atom stereocenters. The van der Waals surface area contributed by atoms with Gasteiger partial charge in [0.25, 0.3) is 5.91 Å². The van der Waals surface area contributed by atoms with E-state index >= 15 is 0 Å². The Bertz CT molecular complexity index is 872. The van der Waals surface area contributed by atoms with E-state index in [1.54, 1.807) is 22.7 Å². The number of nitrogens with zero attached hydrogens (tertiary/aromatic N) is 2. The van der Waals surface area contributed by atoms with Crippen LogP contribution in [0.15, 0.2) is 35.0 Å². The molecule has 6 heteroatoms. The van der Waals surface area contributed by atoms with Gasteiger partial charge in [0.1, 0.15) is 0 Å². The van der Waals surface area contributed by atoms with E-state index < -0.39 is 0 Å². The topological polar surface area (TPSA) is 45.2 Å². The monoisotopic (exact) mass is 371 g/mol. The molecule has 2 aromatic heterocycles. The normalized spacial score (nSPS) is 18.0. The van der Waals surface area contributed by atoms with Crippen molar-refractivity contribution < 1.29 is 4.79 Å². The molecule has 3 heterocycles. The minimum absolute atomic E-state index is 0.0238. The number of aromatic nitrogens is 1. The molecule has 0 aliphatic carbocycles. The van der Waals surface area contributed by atoms with Crippen molar-refractivity contribution >= 4 is 38.8 Å². The number of likely N-dealkylation sites (tertiary alicyclic amines) is 1. The van der Waals surface area contributed by atoms with Crippen LogP contribution in [0.5, 0.6) is 0 Å². The van der Waals surface area contributed by atoms with Gasteiger partial charge in [0.2, 0.25) is 0 Å². The molecule has 1 aliphatic rings. The molecular weight excluding hydrogens is 350 g/mol. The smallest absolute Gasteiger partial charge is 0.251 e. The minimum atomic E-state index is 0.0238. The molecule has 1 saturated heterocycles. The Labute approximate surface area is 155 Å². The number of fused-ring (bicyclic) bond motifs is 1. The molecule has 0 spiro atoms. The molecule has 1 fully saturated rings. The Hall–Kier alpha value is -1.76. The first-order chi connectivity index (χ1) is 12.2. The SMILES string of the molecule is CCc1nc2ccc(C(=O)N[C@H]3CCN(Cc4ccsc4)C3)cc2s1. The summed E-state index contributed by atoms with van der Waals surface area (Å²) in [7, 11) is 0. The number of rotatable bonds is 5. The zero-order valence-corrected chi connectivity index (χ0v) is 15.8. The number of benzene rings is 1. The second kappa shape index (κ2) is 7.23. The van der Waals surface area contributed by atoms with Gasteiger partial charge in [-0.1, -0.05) is 6.92 Å². The molecule has 0 unspecified atom stereocenters. The van der Waals surface area contributed by atoms with E-state index in [0.29, 0.717) is 0 Å². The highest BCUT2D eigenvalue weighted by atomic mass is 32.1. The lowest BCUT2D eigenvalue weighted by Crippen LogP contribution is -2.36. The van der Waals surface area contributed by atoms with E-state index in [2.05, 4.69) is 39.0 Å². The first-order valence-corrected chi connectivity index (χ1v) is 10.4. The maximum atomic E-state index is 12.6. The number of aryl methyl sites for hydroxylation is 1. The van der Waals surface area contributed by atoms with Crippen molar-refractivity contribution in [1.82, 2.24) is 15.2 Å². The van der Waals surface area contributed by atoms with E-state index in [0.717, 1.165) is 53.3 Å². The maximum absolute atomic E-state index is 12.6. The molecule has 0 saturated carbocycles. The van der Waals surface area contributed by atoms with Gasteiger partial charge >= 0.3 is 0 Å². The summed E-state index contributed by atoms with van der Waals surface area (Å²) in [6.07, 6.45) is 1.95. The molecule has 1 amide bonds. The van der Waals surface area contributed by atoms with Crippen LogP contribution in [-0.2, 0) is 13.0 Å². The van der Waals surface area contributed by atoms with E-state index in [9.17, 15) is 4.79 Å². The molecule has 4 nitrogen and oxygen atoms in total. The van der Waals surface area contributed by atoms with Gasteiger partial charge in [-0.3, -0.25) is 9.69 Å². The average molecular weight is 372 g/mol. The van der Waals surface area contributed by atoms with E-state index in [1.807, 2.05) is 18.2 Å². The summed E-state index contributed by atoms with van der Waals surface area (Å²) in [4.78, 5) is 19.6. The molecule has 1 aromatic carbocycles. The van der Waals surface area contributed by atoms with Crippen LogP contribution in [0, 0.1) is 0 Å². The second-order valence-corrected chi connectivity index (χ2v) is 8.36. The molecule has 25 heavy (non-hydrogen) atoms. The van der Waals surface area contributed by atoms with Gasteiger partial charge in [-0.2, -0.15) is 11.3 Å². The van der Waals surface area contributed by atoms with Crippen LogP contribution in [0.2, 0.25) is 0 Å². The lowest BCUT2D eigenvalue weighted by molar-refractivity contribution is 0.0938. The third kappa shape index (κ3) is 3.76. The van der Waals surface area contributed by atoms with Crippen LogP contribution >= 0.6 is 22.7 Å². The third-order valence-corrected chi connectivity index (χ3v) is 6.49. The Morgan fingerprint density at radius 2 is 2.32 bits per heavy atom. The summed E-state index contributed by atoms with van der Waals surface area (Å²) in [6.45, 7) is 5.04. The molecule has 1 N–H and O–H groups in total. The number of hydrogen-bond donors (Lipinski definition) is 1. The Morgan fingerprint density at radius 3 is 3.12 bits per heavy atom. The number of nitrogens with one attached hydrogen (secondary N) is 1. The largest absolute Gasteiger partial charge is 0.348 e. The van der Waals surface area contributed by atoms with Gasteiger partial charge in [-0.25, -0.2) is 4.98 Å². The van der Waals surface area contributed by atoms with Crippen LogP contribution < -0.4 is 5.32 Å². The summed E-state index contributed by atoms with van der Waals surface area (Å²) in [6, 6.07) is 8.21. The van der Waals surface area contributed by atoms with Crippen molar-refractivity contribution in [2.24, 2.45) is 0 Å². The van der Waals surface area contributed by atoms with Crippen LogP contribution in [0.25, 0.3) is 10.2 Å². The zero-order chi connectivity index (χ0) is 17.2. The van der Waals surface area contributed by atoms with Gasteiger partial charge in [-0.15, -0.1) is 11.3 Å². The van der Waals surface area contributed by atoms with Crippen molar-refractivity contribution in [3.63, 3.8) is 0 Å². The van der Waals surface area contributed by atoms with Crippen molar-refractivity contribution in [2.75, 3.05) is 13.1 Å². The van der Waals surface area contributed by atoms with E-state index in [-0.39, 0.29) is 11.9 Å². The van der Waals surface area contributed by atoms with Crippen molar-refractivity contribution in [1.29, 1.82) is 0 Å². The minimum Gasteiger partial charge on any atom is -0.348 e. The summed E-state index contributed by atoms with van der Waals surface area (Å²) >= 11 is 3.41. The number of hydrogen-bond acceptors (Lipinski definition) is 5. The quantitative estimate of drug-likeness (QED) is 0.739. The third-order valence-electron chi connectivity index (χ3n) is 4.59. The fraction of sp³-hybridized carbons (Fsp3) is 0.368. The van der Waals surface area contributed by atoms with E-state index in [4.69, 9.17) is 0 Å². The molecule has 0 radical (unpaired) electrons. The van der Waals surface area contributed by atoms with Crippen LogP contribution in [0.1, 0.15) is 34.3 Å². The molecule has 4 rings (SSSR count). The lowest BCUT2D eigenvalue weighted by atomic mass is 10.2. The fourth-order valence-corrected chi connectivity index (χ4v) is 4.87. The number of amides is 1. The highest BCUT2D eigenvalue weighted by Gasteiger charge is 2.24. The fourth-order valence-electron chi connectivity index (χ4n) is 3.27. The molecule has 0 bridgehead atoms. The van der Waals surface area contributed by atoms with Crippen LogP contribution in [0.3, 0.4) is 0 Å². The Kier molecular flexibility index (Phi) is 4.83. The molecule has 130 valence electrons.